The van der Waals surface area contributed by atoms with Gasteiger partial charge in [0.2, 0.25) is 5.91 Å². The van der Waals surface area contributed by atoms with E-state index in [1.54, 1.807) is 6.92 Å². The van der Waals surface area contributed by atoms with Crippen molar-refractivity contribution < 1.29 is 14.6 Å². The van der Waals surface area contributed by atoms with E-state index in [-0.39, 0.29) is 18.6 Å². The van der Waals surface area contributed by atoms with Gasteiger partial charge in [-0.2, -0.15) is 0 Å². The highest BCUT2D eigenvalue weighted by Crippen LogP contribution is 2.27. The third kappa shape index (κ3) is 4.08. The Bertz CT molecular complexity index is 666. The third-order valence-corrected chi connectivity index (χ3v) is 3.98. The lowest BCUT2D eigenvalue weighted by molar-refractivity contribution is -0.122. The van der Waals surface area contributed by atoms with Crippen molar-refractivity contribution >= 4 is 5.91 Å². The summed E-state index contributed by atoms with van der Waals surface area (Å²) >= 11 is 0. The number of nitrogens with zero attached hydrogens (tertiary/aromatic N) is 1. The third-order valence-electron chi connectivity index (χ3n) is 3.98. The number of hydrogen-bond donors (Lipinski definition) is 3. The number of aliphatic hydroxyl groups excluding tert-OH is 1. The molecule has 1 aromatic rings. The molecule has 0 unspecified atom stereocenters. The maximum atomic E-state index is 11.9. The smallest absolute Gasteiger partial charge is 0.330 e. The predicted molar refractivity (Wildman–Crippen MR) is 83.1 cm³/mol. The van der Waals surface area contributed by atoms with Gasteiger partial charge in [-0.05, 0) is 13.3 Å². The highest BCUT2D eigenvalue weighted by molar-refractivity contribution is 5.76. The first-order valence-corrected chi connectivity index (χ1v) is 7.84. The number of H-pyrrole nitrogens is 1. The zero-order chi connectivity index (χ0) is 17.0. The van der Waals surface area contributed by atoms with Crippen LogP contribution in [0.15, 0.2) is 15.8 Å². The van der Waals surface area contributed by atoms with Crippen molar-refractivity contribution in [1.82, 2.24) is 14.9 Å². The van der Waals surface area contributed by atoms with Gasteiger partial charge < -0.3 is 15.2 Å². The molecule has 3 atom stereocenters. The Labute approximate surface area is 133 Å². The number of amides is 1. The van der Waals surface area contributed by atoms with E-state index in [4.69, 9.17) is 4.74 Å². The van der Waals surface area contributed by atoms with E-state index < -0.39 is 23.6 Å². The van der Waals surface area contributed by atoms with Gasteiger partial charge >= 0.3 is 5.69 Å². The van der Waals surface area contributed by atoms with Crippen LogP contribution >= 0.6 is 0 Å². The van der Waals surface area contributed by atoms with Crippen molar-refractivity contribution in [2.45, 2.75) is 57.9 Å². The molecular weight excluding hydrogens is 302 g/mol. The number of hydrogen-bond acceptors (Lipinski definition) is 5. The summed E-state index contributed by atoms with van der Waals surface area (Å²) in [6.45, 7) is 3.34. The predicted octanol–water partition coefficient (Wildman–Crippen LogP) is -0.200. The number of ether oxygens (including phenoxy) is 1. The number of carbonyl (C=O) groups excluding carboxylic acids is 1. The Balaban J connectivity index is 2.12. The minimum atomic E-state index is -0.633. The van der Waals surface area contributed by atoms with Crippen LogP contribution in [-0.4, -0.2) is 39.3 Å². The van der Waals surface area contributed by atoms with Crippen molar-refractivity contribution in [3.8, 4) is 0 Å². The molecule has 0 aliphatic carbocycles. The van der Waals surface area contributed by atoms with E-state index in [9.17, 15) is 19.5 Å². The van der Waals surface area contributed by atoms with Crippen LogP contribution in [0.1, 0.15) is 44.4 Å². The van der Waals surface area contributed by atoms with E-state index in [1.807, 2.05) is 6.92 Å². The molecule has 0 bridgehead atoms. The number of aromatic nitrogens is 2. The Morgan fingerprint density at radius 1 is 1.52 bits per heavy atom. The standard InChI is InChI=1S/C15H23N3O5/c1-3-4-5-12(20)16-10-6-13(23-11(10)8-19)18-7-9(2)14(21)17-15(18)22/h7,10-11,13,19H,3-6,8H2,1-2H3,(H,16,20)(H,17,21,22)/t10-,11+,13+/m0/s1. The van der Waals surface area contributed by atoms with Crippen LogP contribution < -0.4 is 16.6 Å². The van der Waals surface area contributed by atoms with E-state index in [2.05, 4.69) is 10.3 Å². The van der Waals surface area contributed by atoms with Gasteiger partial charge in [0.25, 0.3) is 5.56 Å². The number of rotatable bonds is 6. The molecule has 0 spiro atoms. The monoisotopic (exact) mass is 325 g/mol. The summed E-state index contributed by atoms with van der Waals surface area (Å²) in [5.74, 6) is -0.0930. The molecule has 8 heteroatoms. The number of aryl methyl sites for hydroxylation is 1. The van der Waals surface area contributed by atoms with Crippen molar-refractivity contribution in [3.05, 3.63) is 32.6 Å². The van der Waals surface area contributed by atoms with Gasteiger partial charge in [-0.3, -0.25) is 19.1 Å². The van der Waals surface area contributed by atoms with Crippen molar-refractivity contribution in [3.63, 3.8) is 0 Å². The molecule has 23 heavy (non-hydrogen) atoms. The van der Waals surface area contributed by atoms with Gasteiger partial charge in [0.1, 0.15) is 12.3 Å². The van der Waals surface area contributed by atoms with E-state index >= 15 is 0 Å². The van der Waals surface area contributed by atoms with Gasteiger partial charge in [0.05, 0.1) is 12.6 Å². The maximum absolute atomic E-state index is 11.9. The first kappa shape index (κ1) is 17.4. The summed E-state index contributed by atoms with van der Waals surface area (Å²) in [7, 11) is 0. The lowest BCUT2D eigenvalue weighted by atomic mass is 10.1. The molecule has 8 nitrogen and oxygen atoms in total. The summed E-state index contributed by atoms with van der Waals surface area (Å²) in [5, 5.41) is 12.3. The van der Waals surface area contributed by atoms with Crippen LogP contribution in [0.4, 0.5) is 0 Å². The second-order valence-corrected chi connectivity index (χ2v) is 5.80. The highest BCUT2D eigenvalue weighted by Gasteiger charge is 2.37. The molecule has 1 aliphatic rings. The number of aromatic amines is 1. The van der Waals surface area contributed by atoms with Crippen LogP contribution in [0.2, 0.25) is 0 Å². The average molecular weight is 325 g/mol. The number of nitrogens with one attached hydrogen (secondary N) is 2. The number of carbonyl (C=O) groups is 1. The van der Waals surface area contributed by atoms with E-state index in [0.717, 1.165) is 12.8 Å². The average Bonchev–Trinajstić information content (AvgIpc) is 2.91. The summed E-state index contributed by atoms with van der Waals surface area (Å²) in [6.07, 6.45) is 2.72. The van der Waals surface area contributed by atoms with Crippen LogP contribution in [-0.2, 0) is 9.53 Å². The number of unbranched alkanes of at least 4 members (excludes halogenated alkanes) is 1. The summed E-state index contributed by atoms with van der Waals surface area (Å²) in [4.78, 5) is 37.4. The molecule has 128 valence electrons. The molecule has 3 N–H and O–H groups in total. The maximum Gasteiger partial charge on any atom is 0.330 e. The van der Waals surface area contributed by atoms with Crippen molar-refractivity contribution in [1.29, 1.82) is 0 Å². The zero-order valence-corrected chi connectivity index (χ0v) is 13.4. The zero-order valence-electron chi connectivity index (χ0n) is 13.4. The Morgan fingerprint density at radius 3 is 2.91 bits per heavy atom. The lowest BCUT2D eigenvalue weighted by Crippen LogP contribution is -2.41. The molecule has 2 rings (SSSR count). The van der Waals surface area contributed by atoms with Crippen molar-refractivity contribution in [2.75, 3.05) is 6.61 Å². The second-order valence-electron chi connectivity index (χ2n) is 5.80. The van der Waals surface area contributed by atoms with Gasteiger partial charge in [0, 0.05) is 24.6 Å². The van der Waals surface area contributed by atoms with E-state index in [0.29, 0.717) is 18.4 Å². The van der Waals surface area contributed by atoms with Crippen LogP contribution in [0.3, 0.4) is 0 Å². The van der Waals surface area contributed by atoms with Crippen LogP contribution in [0.25, 0.3) is 0 Å². The molecular formula is C15H23N3O5. The minimum absolute atomic E-state index is 0.0930. The minimum Gasteiger partial charge on any atom is -0.394 e. The molecule has 1 amide bonds. The van der Waals surface area contributed by atoms with Gasteiger partial charge in [-0.15, -0.1) is 0 Å². The quantitative estimate of drug-likeness (QED) is 0.670. The van der Waals surface area contributed by atoms with Crippen LogP contribution in [0.5, 0.6) is 0 Å². The molecule has 0 radical (unpaired) electrons. The fourth-order valence-corrected chi connectivity index (χ4v) is 2.64. The van der Waals surface area contributed by atoms with Gasteiger partial charge in [0.15, 0.2) is 0 Å². The first-order valence-electron chi connectivity index (χ1n) is 7.84. The summed E-state index contributed by atoms with van der Waals surface area (Å²) in [5.41, 5.74) is -0.614. The fraction of sp³-hybridized carbons (Fsp3) is 0.667. The first-order chi connectivity index (χ1) is 11.0. The fourth-order valence-electron chi connectivity index (χ4n) is 2.64. The normalized spacial score (nSPS) is 23.9. The summed E-state index contributed by atoms with van der Waals surface area (Å²) < 4.78 is 6.96. The number of aliphatic hydroxyl groups is 1. The molecule has 1 aliphatic heterocycles. The second kappa shape index (κ2) is 7.56. The topological polar surface area (TPSA) is 113 Å². The van der Waals surface area contributed by atoms with Crippen molar-refractivity contribution in [2.24, 2.45) is 0 Å². The van der Waals surface area contributed by atoms with Gasteiger partial charge in [-0.1, -0.05) is 13.3 Å². The van der Waals surface area contributed by atoms with Crippen LogP contribution in [0, 0.1) is 6.92 Å². The molecule has 1 fully saturated rings. The molecule has 1 aromatic heterocycles. The highest BCUT2D eigenvalue weighted by atomic mass is 16.5. The summed E-state index contributed by atoms with van der Waals surface area (Å²) in [6, 6.07) is -0.367. The lowest BCUT2D eigenvalue weighted by Gasteiger charge is -2.17. The molecule has 2 heterocycles. The molecule has 0 saturated carbocycles. The Hall–Kier alpha value is -1.93. The Kier molecular flexibility index (Phi) is 5.73. The van der Waals surface area contributed by atoms with Gasteiger partial charge in [-0.25, -0.2) is 4.79 Å². The molecule has 0 aromatic carbocycles. The largest absolute Gasteiger partial charge is 0.394 e. The van der Waals surface area contributed by atoms with E-state index in [1.165, 1.54) is 10.8 Å². The SMILES string of the molecule is CCCCC(=O)N[C@H]1C[C@H](n2cc(C)c(=O)[nH]c2=O)O[C@@H]1CO. The molecule has 1 saturated heterocycles. The Morgan fingerprint density at radius 2 is 2.26 bits per heavy atom.